The smallest absolute Gasteiger partial charge is 0.469 e. The molecule has 0 saturated heterocycles. The Morgan fingerprint density at radius 3 is 2.00 bits per heavy atom. The molecule has 0 aliphatic heterocycles. The van der Waals surface area contributed by atoms with E-state index in [4.69, 9.17) is 0 Å². The van der Waals surface area contributed by atoms with Crippen LogP contribution in [0, 0.1) is 5.41 Å². The van der Waals surface area contributed by atoms with Gasteiger partial charge in [0.1, 0.15) is 0 Å². The Labute approximate surface area is 90.6 Å². The summed E-state index contributed by atoms with van der Waals surface area (Å²) in [6.07, 6.45) is 0. The number of alkyl halides is 3. The highest BCUT2D eigenvalue weighted by molar-refractivity contribution is 7.87. The molecule has 5 nitrogen and oxygen atoms in total. The molecule has 0 aromatic rings. The van der Waals surface area contributed by atoms with Gasteiger partial charge in [0.25, 0.3) is 0 Å². The van der Waals surface area contributed by atoms with E-state index in [1.807, 2.05) is 0 Å². The zero-order valence-electron chi connectivity index (χ0n) is 8.79. The third-order valence-corrected chi connectivity index (χ3v) is 2.59. The molecule has 96 valence electrons. The van der Waals surface area contributed by atoms with Gasteiger partial charge in [0.2, 0.25) is 0 Å². The largest absolute Gasteiger partial charge is 0.523 e. The topological polar surface area (TPSA) is 69.7 Å². The molecule has 0 fully saturated rings. The number of hydrogen-bond acceptors (Lipinski definition) is 5. The van der Waals surface area contributed by atoms with Crippen molar-refractivity contribution in [2.24, 2.45) is 5.41 Å². The van der Waals surface area contributed by atoms with E-state index in [0.717, 1.165) is 7.11 Å². The average molecular weight is 264 g/mol. The molecule has 0 aromatic heterocycles. The minimum absolute atomic E-state index is 0.870. The van der Waals surface area contributed by atoms with Crippen LogP contribution in [0.15, 0.2) is 0 Å². The van der Waals surface area contributed by atoms with Gasteiger partial charge in [0, 0.05) is 0 Å². The molecule has 0 rings (SSSR count). The first-order valence-electron chi connectivity index (χ1n) is 3.98. The quantitative estimate of drug-likeness (QED) is 0.431. The summed E-state index contributed by atoms with van der Waals surface area (Å²) < 4.78 is 64.6. The van der Waals surface area contributed by atoms with Crippen LogP contribution in [0.25, 0.3) is 0 Å². The van der Waals surface area contributed by atoms with Crippen LogP contribution in [-0.2, 0) is 23.8 Å². The van der Waals surface area contributed by atoms with Gasteiger partial charge in [-0.05, 0) is 13.8 Å². The Morgan fingerprint density at radius 1 is 1.25 bits per heavy atom. The number of carbonyl (C=O) groups excluding carboxylic acids is 1. The lowest BCUT2D eigenvalue weighted by atomic mass is 9.95. The summed E-state index contributed by atoms with van der Waals surface area (Å²) in [7, 11) is -4.65. The zero-order chi connectivity index (χ0) is 13.2. The lowest BCUT2D eigenvalue weighted by Gasteiger charge is -2.20. The second kappa shape index (κ2) is 4.58. The van der Waals surface area contributed by atoms with Gasteiger partial charge in [0.05, 0.1) is 19.1 Å². The van der Waals surface area contributed by atoms with Gasteiger partial charge in [-0.15, -0.1) is 0 Å². The monoisotopic (exact) mass is 264 g/mol. The predicted octanol–water partition coefficient (Wildman–Crippen LogP) is 1.05. The number of ether oxygens (including phenoxy) is 1. The Bertz CT molecular complexity index is 357. The molecule has 0 atom stereocenters. The maximum absolute atomic E-state index is 11.9. The summed E-state index contributed by atoms with van der Waals surface area (Å²) in [4.78, 5) is 11.0. The lowest BCUT2D eigenvalue weighted by molar-refractivity contribution is -0.152. The molecule has 0 heterocycles. The van der Waals surface area contributed by atoms with Crippen molar-refractivity contribution in [2.75, 3.05) is 13.7 Å². The van der Waals surface area contributed by atoms with Gasteiger partial charge in [-0.1, -0.05) is 0 Å². The second-order valence-electron chi connectivity index (χ2n) is 3.54. The average Bonchev–Trinajstić information content (AvgIpc) is 2.12. The third kappa shape index (κ3) is 3.63. The van der Waals surface area contributed by atoms with Crippen molar-refractivity contribution in [1.82, 2.24) is 0 Å². The number of halogens is 3. The molecular formula is C7H11F3O5S. The van der Waals surface area contributed by atoms with E-state index in [0.29, 0.717) is 0 Å². The number of esters is 1. The molecule has 0 radical (unpaired) electrons. The first-order valence-corrected chi connectivity index (χ1v) is 5.39. The van der Waals surface area contributed by atoms with Gasteiger partial charge in [-0.3, -0.25) is 8.98 Å². The van der Waals surface area contributed by atoms with Crippen LogP contribution in [0.4, 0.5) is 13.2 Å². The van der Waals surface area contributed by atoms with E-state index >= 15 is 0 Å². The summed E-state index contributed by atoms with van der Waals surface area (Å²) in [5, 5.41) is 0. The van der Waals surface area contributed by atoms with E-state index in [2.05, 4.69) is 8.92 Å². The molecule has 9 heteroatoms. The van der Waals surface area contributed by atoms with Crippen molar-refractivity contribution in [3.63, 3.8) is 0 Å². The fourth-order valence-corrected chi connectivity index (χ4v) is 1.21. The number of rotatable bonds is 4. The highest BCUT2D eigenvalue weighted by atomic mass is 32.2. The second-order valence-corrected chi connectivity index (χ2v) is 5.14. The molecule has 16 heavy (non-hydrogen) atoms. The Balaban J connectivity index is 4.65. The van der Waals surface area contributed by atoms with Crippen molar-refractivity contribution >= 4 is 16.1 Å². The van der Waals surface area contributed by atoms with Crippen LogP contribution < -0.4 is 0 Å². The minimum atomic E-state index is -5.68. The van der Waals surface area contributed by atoms with Gasteiger partial charge in [-0.2, -0.15) is 21.6 Å². The molecular weight excluding hydrogens is 253 g/mol. The number of carbonyl (C=O) groups is 1. The maximum Gasteiger partial charge on any atom is 0.523 e. The third-order valence-electron chi connectivity index (χ3n) is 1.60. The fraction of sp³-hybridized carbons (Fsp3) is 0.857. The van der Waals surface area contributed by atoms with E-state index < -0.39 is 33.6 Å². The van der Waals surface area contributed by atoms with Crippen LogP contribution in [0.2, 0.25) is 0 Å². The van der Waals surface area contributed by atoms with Crippen LogP contribution in [-0.4, -0.2) is 33.6 Å². The summed E-state index contributed by atoms with van der Waals surface area (Å²) in [5.41, 5.74) is -6.98. The highest BCUT2D eigenvalue weighted by Gasteiger charge is 2.48. The fourth-order valence-electron chi connectivity index (χ4n) is 0.627. The first-order chi connectivity index (χ1) is 6.94. The summed E-state index contributed by atoms with van der Waals surface area (Å²) in [5.74, 6) is -0.870. The molecule has 0 aromatic carbocycles. The van der Waals surface area contributed by atoms with Crippen molar-refractivity contribution in [1.29, 1.82) is 0 Å². The minimum Gasteiger partial charge on any atom is -0.469 e. The molecule has 0 spiro atoms. The van der Waals surface area contributed by atoms with Gasteiger partial charge < -0.3 is 4.74 Å². The maximum atomic E-state index is 11.9. The molecule has 0 amide bonds. The Morgan fingerprint density at radius 2 is 1.69 bits per heavy atom. The van der Waals surface area contributed by atoms with E-state index in [1.165, 1.54) is 13.8 Å². The summed E-state index contributed by atoms with van der Waals surface area (Å²) in [6.45, 7) is 1.46. The molecule has 0 N–H and O–H groups in total. The molecule has 0 aliphatic rings. The van der Waals surface area contributed by atoms with Crippen LogP contribution in [0.1, 0.15) is 13.8 Å². The van der Waals surface area contributed by atoms with Gasteiger partial charge in [-0.25, -0.2) is 0 Å². The Kier molecular flexibility index (Phi) is 4.34. The van der Waals surface area contributed by atoms with Gasteiger partial charge in [0.15, 0.2) is 0 Å². The van der Waals surface area contributed by atoms with Crippen LogP contribution in [0.5, 0.6) is 0 Å². The normalized spacial score (nSPS) is 13.6. The van der Waals surface area contributed by atoms with Crippen LogP contribution >= 0.6 is 0 Å². The van der Waals surface area contributed by atoms with Crippen molar-refractivity contribution in [3.05, 3.63) is 0 Å². The summed E-state index contributed by atoms with van der Waals surface area (Å²) >= 11 is 0. The SMILES string of the molecule is COC(=O)C(C)(C)COS(=O)(=O)C(F)(F)F. The van der Waals surface area contributed by atoms with Gasteiger partial charge >= 0.3 is 21.6 Å². The van der Waals surface area contributed by atoms with Crippen LogP contribution in [0.3, 0.4) is 0 Å². The molecule has 0 unspecified atom stereocenters. The molecule has 0 aliphatic carbocycles. The lowest BCUT2D eigenvalue weighted by Crippen LogP contribution is -2.35. The summed E-state index contributed by atoms with van der Waals surface area (Å²) in [6, 6.07) is 0. The number of methoxy groups -OCH3 is 1. The van der Waals surface area contributed by atoms with E-state index in [9.17, 15) is 26.4 Å². The zero-order valence-corrected chi connectivity index (χ0v) is 9.61. The highest BCUT2D eigenvalue weighted by Crippen LogP contribution is 2.27. The van der Waals surface area contributed by atoms with Crippen molar-refractivity contribution in [2.45, 2.75) is 19.4 Å². The van der Waals surface area contributed by atoms with E-state index in [-0.39, 0.29) is 0 Å². The van der Waals surface area contributed by atoms with Crippen molar-refractivity contribution in [3.8, 4) is 0 Å². The van der Waals surface area contributed by atoms with E-state index in [1.54, 1.807) is 0 Å². The molecule has 0 bridgehead atoms. The Hall–Kier alpha value is -0.830. The standard InChI is InChI=1S/C7H11F3O5S/c1-6(2,5(11)14-3)4-15-16(12,13)7(8,9)10/h4H2,1-3H3. The predicted molar refractivity (Wildman–Crippen MR) is 46.7 cm³/mol. The first kappa shape index (κ1) is 15.2. The number of hydrogen-bond donors (Lipinski definition) is 0. The van der Waals surface area contributed by atoms with Crippen molar-refractivity contribution < 1.29 is 35.3 Å². The molecule has 0 saturated carbocycles.